The minimum Gasteiger partial charge on any atom is -0.496 e. The van der Waals surface area contributed by atoms with Crippen molar-refractivity contribution in [1.82, 2.24) is 20.1 Å². The molecular formula is C24H29N5O3S. The van der Waals surface area contributed by atoms with E-state index in [1.165, 1.54) is 11.8 Å². The van der Waals surface area contributed by atoms with Gasteiger partial charge in [-0.1, -0.05) is 48.2 Å². The van der Waals surface area contributed by atoms with Crippen molar-refractivity contribution in [2.24, 2.45) is 0 Å². The van der Waals surface area contributed by atoms with Gasteiger partial charge >= 0.3 is 0 Å². The summed E-state index contributed by atoms with van der Waals surface area (Å²) in [5.74, 6) is 1.84. The molecule has 4 rings (SSSR count). The first-order chi connectivity index (χ1) is 16.2. The van der Waals surface area contributed by atoms with Crippen LogP contribution in [-0.2, 0) is 16.0 Å². The fourth-order valence-corrected chi connectivity index (χ4v) is 4.55. The number of methoxy groups -OCH3 is 1. The SMILES string of the molecule is COc1ccccc1CCNC(=O)CSc1nnc(N2CCOCC2)n1-c1ccccc1C. The van der Waals surface area contributed by atoms with Crippen LogP contribution in [0.15, 0.2) is 53.7 Å². The molecule has 1 aliphatic heterocycles. The summed E-state index contributed by atoms with van der Waals surface area (Å²) in [6.07, 6.45) is 0.709. The molecule has 1 saturated heterocycles. The molecule has 0 aliphatic carbocycles. The number of rotatable bonds is 9. The minimum atomic E-state index is -0.0397. The van der Waals surface area contributed by atoms with Crippen molar-refractivity contribution in [2.75, 3.05) is 50.6 Å². The van der Waals surface area contributed by atoms with Gasteiger partial charge in [0.2, 0.25) is 11.9 Å². The largest absolute Gasteiger partial charge is 0.496 e. The van der Waals surface area contributed by atoms with Crippen molar-refractivity contribution in [2.45, 2.75) is 18.5 Å². The number of anilines is 1. The Balaban J connectivity index is 1.42. The molecule has 1 aromatic heterocycles. The predicted molar refractivity (Wildman–Crippen MR) is 130 cm³/mol. The molecular weight excluding hydrogens is 438 g/mol. The quantitative estimate of drug-likeness (QED) is 0.485. The Hall–Kier alpha value is -3.04. The van der Waals surface area contributed by atoms with Crippen molar-refractivity contribution in [3.05, 3.63) is 59.7 Å². The lowest BCUT2D eigenvalue weighted by Gasteiger charge is -2.28. The number of carbonyl (C=O) groups excluding carboxylic acids is 1. The summed E-state index contributed by atoms with van der Waals surface area (Å²) in [4.78, 5) is 14.7. The van der Waals surface area contributed by atoms with Gasteiger partial charge in [0.15, 0.2) is 5.16 Å². The number of carbonyl (C=O) groups is 1. The van der Waals surface area contributed by atoms with Crippen molar-refractivity contribution in [1.29, 1.82) is 0 Å². The van der Waals surface area contributed by atoms with Crippen LogP contribution in [-0.4, -0.2) is 66.4 Å². The third-order valence-corrected chi connectivity index (χ3v) is 6.44. The molecule has 0 unspecified atom stereocenters. The third-order valence-electron chi connectivity index (χ3n) is 5.51. The number of benzene rings is 2. The molecule has 2 aromatic carbocycles. The van der Waals surface area contributed by atoms with Gasteiger partial charge < -0.3 is 19.7 Å². The highest BCUT2D eigenvalue weighted by Crippen LogP contribution is 2.28. The van der Waals surface area contributed by atoms with E-state index in [1.807, 2.05) is 41.0 Å². The van der Waals surface area contributed by atoms with Crippen molar-refractivity contribution >= 4 is 23.6 Å². The molecule has 0 atom stereocenters. The molecule has 3 aromatic rings. The fourth-order valence-electron chi connectivity index (χ4n) is 3.78. The highest BCUT2D eigenvalue weighted by molar-refractivity contribution is 7.99. The number of morpholine rings is 1. The Morgan fingerprint density at radius 3 is 2.67 bits per heavy atom. The summed E-state index contributed by atoms with van der Waals surface area (Å²) in [5, 5.41) is 12.6. The minimum absolute atomic E-state index is 0.0397. The average Bonchev–Trinajstić information content (AvgIpc) is 3.27. The monoisotopic (exact) mass is 467 g/mol. The van der Waals surface area contributed by atoms with Crippen LogP contribution >= 0.6 is 11.8 Å². The number of ether oxygens (including phenoxy) is 2. The Bertz CT molecular complexity index is 1080. The van der Waals surface area contributed by atoms with E-state index in [9.17, 15) is 4.79 Å². The maximum atomic E-state index is 12.5. The normalized spacial score (nSPS) is 13.7. The third kappa shape index (κ3) is 5.66. The van der Waals surface area contributed by atoms with Gasteiger partial charge in [0, 0.05) is 19.6 Å². The molecule has 8 nitrogen and oxygen atoms in total. The number of hydrogen-bond donors (Lipinski definition) is 1. The van der Waals surface area contributed by atoms with E-state index in [4.69, 9.17) is 9.47 Å². The van der Waals surface area contributed by atoms with Crippen LogP contribution in [0.3, 0.4) is 0 Å². The maximum Gasteiger partial charge on any atom is 0.232 e. The van der Waals surface area contributed by atoms with E-state index in [1.54, 1.807) is 7.11 Å². The number of aromatic nitrogens is 3. The van der Waals surface area contributed by atoms with Gasteiger partial charge in [-0.15, -0.1) is 10.2 Å². The molecule has 0 radical (unpaired) electrons. The van der Waals surface area contributed by atoms with Gasteiger partial charge in [-0.25, -0.2) is 0 Å². The lowest BCUT2D eigenvalue weighted by molar-refractivity contribution is -0.118. The zero-order valence-corrected chi connectivity index (χ0v) is 19.8. The molecule has 174 valence electrons. The molecule has 1 fully saturated rings. The van der Waals surface area contributed by atoms with Crippen LogP contribution in [0.5, 0.6) is 5.75 Å². The zero-order chi connectivity index (χ0) is 23.0. The zero-order valence-electron chi connectivity index (χ0n) is 19.0. The molecule has 2 heterocycles. The molecule has 0 saturated carbocycles. The van der Waals surface area contributed by atoms with E-state index in [2.05, 4.69) is 39.5 Å². The number of nitrogens with zero attached hydrogens (tertiary/aromatic N) is 4. The van der Waals surface area contributed by atoms with E-state index < -0.39 is 0 Å². The number of aryl methyl sites for hydroxylation is 1. The van der Waals surface area contributed by atoms with Crippen molar-refractivity contribution in [3.8, 4) is 11.4 Å². The van der Waals surface area contributed by atoms with Gasteiger partial charge in [0.1, 0.15) is 5.75 Å². The highest BCUT2D eigenvalue weighted by Gasteiger charge is 2.23. The van der Waals surface area contributed by atoms with Crippen molar-refractivity contribution in [3.63, 3.8) is 0 Å². The Morgan fingerprint density at radius 1 is 1.12 bits per heavy atom. The molecule has 1 N–H and O–H groups in total. The van der Waals surface area contributed by atoms with Crippen LogP contribution in [0.25, 0.3) is 5.69 Å². The number of nitrogens with one attached hydrogen (secondary N) is 1. The number of amides is 1. The topological polar surface area (TPSA) is 81.5 Å². The first-order valence-corrected chi connectivity index (χ1v) is 12.0. The standard InChI is InChI=1S/C24H29N5O3S/c1-18-7-3-5-9-20(18)29-23(28-13-15-32-16-14-28)26-27-24(29)33-17-22(30)25-12-11-19-8-4-6-10-21(19)31-2/h3-10H,11-17H2,1-2H3,(H,25,30). The maximum absolute atomic E-state index is 12.5. The van der Waals surface area contributed by atoms with Gasteiger partial charge in [0.25, 0.3) is 0 Å². The Morgan fingerprint density at radius 2 is 1.88 bits per heavy atom. The van der Waals surface area contributed by atoms with Crippen LogP contribution in [0.4, 0.5) is 5.95 Å². The summed E-state index contributed by atoms with van der Waals surface area (Å²) in [7, 11) is 1.66. The van der Waals surface area contributed by atoms with Crippen LogP contribution in [0.2, 0.25) is 0 Å². The Labute approximate surface area is 198 Å². The second-order valence-corrected chi connectivity index (χ2v) is 8.65. The van der Waals surface area contributed by atoms with E-state index in [-0.39, 0.29) is 11.7 Å². The van der Waals surface area contributed by atoms with Crippen LogP contribution < -0.4 is 15.0 Å². The summed E-state index contributed by atoms with van der Waals surface area (Å²) < 4.78 is 12.9. The van der Waals surface area contributed by atoms with Gasteiger partial charge in [-0.3, -0.25) is 9.36 Å². The molecule has 1 amide bonds. The van der Waals surface area contributed by atoms with Crippen LogP contribution in [0, 0.1) is 6.92 Å². The fraction of sp³-hybridized carbons (Fsp3) is 0.375. The van der Waals surface area contributed by atoms with Gasteiger partial charge in [-0.05, 0) is 36.6 Å². The highest BCUT2D eigenvalue weighted by atomic mass is 32.2. The molecule has 0 spiro atoms. The summed E-state index contributed by atoms with van der Waals surface area (Å²) in [6.45, 7) is 5.46. The predicted octanol–water partition coefficient (Wildman–Crippen LogP) is 2.87. The lowest BCUT2D eigenvalue weighted by atomic mass is 10.1. The second kappa shape index (κ2) is 11.2. The first kappa shape index (κ1) is 23.1. The first-order valence-electron chi connectivity index (χ1n) is 11.0. The smallest absolute Gasteiger partial charge is 0.232 e. The van der Waals surface area contributed by atoms with Crippen molar-refractivity contribution < 1.29 is 14.3 Å². The summed E-state index contributed by atoms with van der Waals surface area (Å²) in [5.41, 5.74) is 3.21. The molecule has 1 aliphatic rings. The Kier molecular flexibility index (Phi) is 7.85. The average molecular weight is 468 g/mol. The number of hydrogen-bond acceptors (Lipinski definition) is 7. The number of para-hydroxylation sites is 2. The number of thioether (sulfide) groups is 1. The molecule has 33 heavy (non-hydrogen) atoms. The van der Waals surface area contributed by atoms with Gasteiger partial charge in [-0.2, -0.15) is 0 Å². The lowest BCUT2D eigenvalue weighted by Crippen LogP contribution is -2.38. The molecule has 0 bridgehead atoms. The van der Waals surface area contributed by atoms with E-state index in [0.717, 1.165) is 41.6 Å². The second-order valence-electron chi connectivity index (χ2n) is 7.70. The van der Waals surface area contributed by atoms with E-state index in [0.29, 0.717) is 31.3 Å². The van der Waals surface area contributed by atoms with Gasteiger partial charge in [0.05, 0.1) is 31.8 Å². The van der Waals surface area contributed by atoms with Crippen LogP contribution in [0.1, 0.15) is 11.1 Å². The van der Waals surface area contributed by atoms with E-state index >= 15 is 0 Å². The summed E-state index contributed by atoms with van der Waals surface area (Å²) >= 11 is 1.39. The molecule has 9 heteroatoms. The summed E-state index contributed by atoms with van der Waals surface area (Å²) in [6, 6.07) is 16.0.